The number of amides is 1. The van der Waals surface area contributed by atoms with Gasteiger partial charge in [0.05, 0.1) is 5.02 Å². The Hall–Kier alpha value is -0.710. The van der Waals surface area contributed by atoms with Crippen molar-refractivity contribution in [3.05, 3.63) is 29.3 Å². The molecule has 0 radical (unpaired) electrons. The molecule has 0 bridgehead atoms. The van der Waals surface area contributed by atoms with Crippen molar-refractivity contribution in [2.75, 3.05) is 18.9 Å². The fourth-order valence-electron chi connectivity index (χ4n) is 1.26. The Labute approximate surface area is 117 Å². The second kappa shape index (κ2) is 8.40. The van der Waals surface area contributed by atoms with Gasteiger partial charge in [0.25, 0.3) is 0 Å². The van der Waals surface area contributed by atoms with Crippen molar-refractivity contribution in [3.63, 3.8) is 0 Å². The van der Waals surface area contributed by atoms with Gasteiger partial charge < -0.3 is 10.4 Å². The third-order valence-electron chi connectivity index (χ3n) is 2.38. The van der Waals surface area contributed by atoms with Crippen LogP contribution >= 0.6 is 23.4 Å². The van der Waals surface area contributed by atoms with Crippen LogP contribution in [0.25, 0.3) is 0 Å². The molecule has 0 aliphatic heterocycles. The summed E-state index contributed by atoms with van der Waals surface area (Å²) in [6.07, 6.45) is 0.452. The van der Waals surface area contributed by atoms with Gasteiger partial charge in [0, 0.05) is 30.2 Å². The first-order valence-corrected chi connectivity index (χ1v) is 7.24. The van der Waals surface area contributed by atoms with Gasteiger partial charge in [-0.2, -0.15) is 0 Å². The van der Waals surface area contributed by atoms with Crippen molar-refractivity contribution in [2.45, 2.75) is 18.2 Å². The van der Waals surface area contributed by atoms with Crippen LogP contribution in [0, 0.1) is 5.92 Å². The van der Waals surface area contributed by atoms with Crippen molar-refractivity contribution in [1.29, 1.82) is 0 Å². The molecule has 0 saturated heterocycles. The molecule has 1 aromatic carbocycles. The summed E-state index contributed by atoms with van der Waals surface area (Å²) in [6, 6.07) is 7.60. The van der Waals surface area contributed by atoms with Crippen LogP contribution in [-0.2, 0) is 4.79 Å². The van der Waals surface area contributed by atoms with Crippen molar-refractivity contribution in [3.8, 4) is 0 Å². The van der Waals surface area contributed by atoms with E-state index in [4.69, 9.17) is 16.7 Å². The second-order valence-corrected chi connectivity index (χ2v) is 5.66. The Bertz CT molecular complexity index is 387. The van der Waals surface area contributed by atoms with Crippen LogP contribution in [0.2, 0.25) is 5.02 Å². The summed E-state index contributed by atoms with van der Waals surface area (Å²) in [5.74, 6) is 0.809. The van der Waals surface area contributed by atoms with E-state index in [0.717, 1.165) is 9.92 Å². The molecule has 0 aliphatic rings. The van der Waals surface area contributed by atoms with Gasteiger partial charge in [0.2, 0.25) is 5.91 Å². The lowest BCUT2D eigenvalue weighted by Gasteiger charge is -2.09. The number of benzene rings is 1. The Morgan fingerprint density at radius 1 is 1.50 bits per heavy atom. The van der Waals surface area contributed by atoms with E-state index in [9.17, 15) is 4.79 Å². The molecule has 0 aliphatic carbocycles. The Balaban J connectivity index is 2.22. The molecular formula is C13H18ClNO2S. The predicted octanol–water partition coefficient (Wildman–Crippen LogP) is 2.57. The van der Waals surface area contributed by atoms with Gasteiger partial charge in [0.1, 0.15) is 0 Å². The SMILES string of the molecule is CC(CO)CNC(=O)CCSc1ccccc1Cl. The summed E-state index contributed by atoms with van der Waals surface area (Å²) in [5.41, 5.74) is 0. The van der Waals surface area contributed by atoms with Crippen LogP contribution < -0.4 is 5.32 Å². The zero-order valence-electron chi connectivity index (χ0n) is 10.4. The van der Waals surface area contributed by atoms with Crippen LogP contribution in [-0.4, -0.2) is 29.9 Å². The maximum absolute atomic E-state index is 11.5. The lowest BCUT2D eigenvalue weighted by atomic mass is 10.2. The average molecular weight is 288 g/mol. The number of rotatable bonds is 7. The zero-order chi connectivity index (χ0) is 13.4. The first kappa shape index (κ1) is 15.3. The van der Waals surface area contributed by atoms with Crippen molar-refractivity contribution >= 4 is 29.3 Å². The van der Waals surface area contributed by atoms with E-state index in [1.807, 2.05) is 31.2 Å². The number of thioether (sulfide) groups is 1. The third kappa shape index (κ3) is 5.76. The van der Waals surface area contributed by atoms with Gasteiger partial charge >= 0.3 is 0 Å². The number of aliphatic hydroxyl groups excluding tert-OH is 1. The van der Waals surface area contributed by atoms with Crippen molar-refractivity contribution in [2.24, 2.45) is 5.92 Å². The lowest BCUT2D eigenvalue weighted by Crippen LogP contribution is -2.29. The van der Waals surface area contributed by atoms with Gasteiger partial charge in [-0.3, -0.25) is 4.79 Å². The molecule has 2 N–H and O–H groups in total. The highest BCUT2D eigenvalue weighted by atomic mass is 35.5. The number of hydrogen-bond donors (Lipinski definition) is 2. The van der Waals surface area contributed by atoms with Crippen LogP contribution in [0.15, 0.2) is 29.2 Å². The minimum Gasteiger partial charge on any atom is -0.396 e. The molecule has 5 heteroatoms. The molecule has 1 rings (SSSR count). The summed E-state index contributed by atoms with van der Waals surface area (Å²) >= 11 is 7.59. The van der Waals surface area contributed by atoms with Crippen LogP contribution in [0.5, 0.6) is 0 Å². The molecule has 1 unspecified atom stereocenters. The zero-order valence-corrected chi connectivity index (χ0v) is 11.9. The van der Waals surface area contributed by atoms with Gasteiger partial charge in [-0.1, -0.05) is 30.7 Å². The largest absolute Gasteiger partial charge is 0.396 e. The molecule has 0 heterocycles. The molecule has 1 atom stereocenters. The second-order valence-electron chi connectivity index (χ2n) is 4.12. The van der Waals surface area contributed by atoms with Gasteiger partial charge in [-0.15, -0.1) is 11.8 Å². The lowest BCUT2D eigenvalue weighted by molar-refractivity contribution is -0.120. The molecule has 100 valence electrons. The highest BCUT2D eigenvalue weighted by molar-refractivity contribution is 7.99. The van der Waals surface area contributed by atoms with E-state index in [1.165, 1.54) is 0 Å². The molecule has 0 fully saturated rings. The third-order valence-corrected chi connectivity index (χ3v) is 3.90. The molecule has 1 amide bonds. The summed E-state index contributed by atoms with van der Waals surface area (Å²) in [7, 11) is 0. The number of halogens is 1. The Kier molecular flexibility index (Phi) is 7.16. The van der Waals surface area contributed by atoms with E-state index in [1.54, 1.807) is 11.8 Å². The van der Waals surface area contributed by atoms with Crippen LogP contribution in [0.4, 0.5) is 0 Å². The first-order valence-electron chi connectivity index (χ1n) is 5.88. The predicted molar refractivity (Wildman–Crippen MR) is 76.1 cm³/mol. The van der Waals surface area contributed by atoms with Crippen molar-refractivity contribution in [1.82, 2.24) is 5.32 Å². The fraction of sp³-hybridized carbons (Fsp3) is 0.462. The number of nitrogens with one attached hydrogen (secondary N) is 1. The summed E-state index contributed by atoms with van der Waals surface area (Å²) < 4.78 is 0. The smallest absolute Gasteiger partial charge is 0.220 e. The highest BCUT2D eigenvalue weighted by Crippen LogP contribution is 2.26. The minimum atomic E-state index is 0.00912. The van der Waals surface area contributed by atoms with E-state index < -0.39 is 0 Å². The van der Waals surface area contributed by atoms with E-state index in [0.29, 0.717) is 18.7 Å². The molecule has 0 saturated carbocycles. The number of aliphatic hydroxyl groups is 1. The Morgan fingerprint density at radius 3 is 2.89 bits per heavy atom. The van der Waals surface area contributed by atoms with E-state index in [-0.39, 0.29) is 18.4 Å². The molecule has 1 aromatic rings. The molecular weight excluding hydrogens is 270 g/mol. The Morgan fingerprint density at radius 2 is 2.22 bits per heavy atom. The first-order chi connectivity index (χ1) is 8.63. The molecule has 0 aromatic heterocycles. The monoisotopic (exact) mass is 287 g/mol. The summed E-state index contributed by atoms with van der Waals surface area (Å²) in [5, 5.41) is 12.3. The van der Waals surface area contributed by atoms with E-state index in [2.05, 4.69) is 5.32 Å². The maximum Gasteiger partial charge on any atom is 0.220 e. The topological polar surface area (TPSA) is 49.3 Å². The van der Waals surface area contributed by atoms with Crippen LogP contribution in [0.3, 0.4) is 0 Å². The van der Waals surface area contributed by atoms with Gasteiger partial charge in [-0.25, -0.2) is 0 Å². The fourth-order valence-corrected chi connectivity index (χ4v) is 2.44. The van der Waals surface area contributed by atoms with Gasteiger partial charge in [-0.05, 0) is 18.1 Å². The maximum atomic E-state index is 11.5. The molecule has 0 spiro atoms. The normalized spacial score (nSPS) is 12.2. The summed E-state index contributed by atoms with van der Waals surface area (Å²) in [6.45, 7) is 2.50. The van der Waals surface area contributed by atoms with Crippen LogP contribution in [0.1, 0.15) is 13.3 Å². The standard InChI is InChI=1S/C13H18ClNO2S/c1-10(9-16)8-15-13(17)6-7-18-12-5-3-2-4-11(12)14/h2-5,10,16H,6-9H2,1H3,(H,15,17). The number of carbonyl (C=O) groups excluding carboxylic acids is 1. The quantitative estimate of drug-likeness (QED) is 0.758. The minimum absolute atomic E-state index is 0.00912. The molecule has 3 nitrogen and oxygen atoms in total. The summed E-state index contributed by atoms with van der Waals surface area (Å²) in [4.78, 5) is 12.5. The molecule has 18 heavy (non-hydrogen) atoms. The number of hydrogen-bond acceptors (Lipinski definition) is 3. The van der Waals surface area contributed by atoms with Gasteiger partial charge in [0.15, 0.2) is 0 Å². The highest BCUT2D eigenvalue weighted by Gasteiger charge is 2.05. The average Bonchev–Trinajstić information content (AvgIpc) is 2.38. The van der Waals surface area contributed by atoms with E-state index >= 15 is 0 Å². The van der Waals surface area contributed by atoms with Crippen molar-refractivity contribution < 1.29 is 9.90 Å². The number of carbonyl (C=O) groups is 1.